The number of carbonyl (C=O) groups is 2. The molecule has 1 aromatic carbocycles. The fraction of sp³-hybridized carbons (Fsp3) is 0.308. The van der Waals surface area contributed by atoms with Crippen LogP contribution in [0.2, 0.25) is 0 Å². The number of hydrogen-bond acceptors (Lipinski definition) is 3. The fourth-order valence-electron chi connectivity index (χ4n) is 1.46. The third-order valence-electron chi connectivity index (χ3n) is 2.45. The average Bonchev–Trinajstić information content (AvgIpc) is 2.38. The number of rotatable bonds is 5. The zero-order valence-corrected chi connectivity index (χ0v) is 9.96. The summed E-state index contributed by atoms with van der Waals surface area (Å²) in [7, 11) is 0. The van der Waals surface area contributed by atoms with Crippen LogP contribution < -0.4 is 5.32 Å². The summed E-state index contributed by atoms with van der Waals surface area (Å²) in [5.74, 6) is -2.02. The first-order valence-electron chi connectivity index (χ1n) is 5.53. The van der Waals surface area contributed by atoms with E-state index in [9.17, 15) is 9.59 Å². The first kappa shape index (κ1) is 13.7. The summed E-state index contributed by atoms with van der Waals surface area (Å²) >= 11 is 0. The Morgan fingerprint density at radius 2 is 2.00 bits per heavy atom. The smallest absolute Gasteiger partial charge is 0.326 e. The Bertz CT molecular complexity index is 465. The standard InChI is InChI=1S/C13H14N2O3/c1-9(8-14)7-11(13(17)18)15-12(16)10-5-3-2-4-6-10/h2-6,9,11H,7H2,1H3,(H,15,16)(H,17,18)/t9-,11+/m0/s1. The van der Waals surface area contributed by atoms with Gasteiger partial charge in [0.1, 0.15) is 6.04 Å². The highest BCUT2D eigenvalue weighted by Crippen LogP contribution is 2.07. The van der Waals surface area contributed by atoms with E-state index in [2.05, 4.69) is 5.32 Å². The van der Waals surface area contributed by atoms with E-state index < -0.39 is 23.8 Å². The first-order valence-corrected chi connectivity index (χ1v) is 5.53. The van der Waals surface area contributed by atoms with Crippen molar-refractivity contribution < 1.29 is 14.7 Å². The lowest BCUT2D eigenvalue weighted by Crippen LogP contribution is -2.41. The van der Waals surface area contributed by atoms with Crippen molar-refractivity contribution in [1.82, 2.24) is 5.32 Å². The second kappa shape index (κ2) is 6.40. The van der Waals surface area contributed by atoms with Crippen molar-refractivity contribution in [3.63, 3.8) is 0 Å². The maximum Gasteiger partial charge on any atom is 0.326 e. The second-order valence-electron chi connectivity index (χ2n) is 4.00. The SMILES string of the molecule is C[C@H](C#N)C[C@@H](NC(=O)c1ccccc1)C(=O)O. The topological polar surface area (TPSA) is 90.2 Å². The molecule has 0 aromatic heterocycles. The van der Waals surface area contributed by atoms with Gasteiger partial charge in [-0.2, -0.15) is 5.26 Å². The summed E-state index contributed by atoms with van der Waals surface area (Å²) in [6.07, 6.45) is 0.0877. The Kier molecular flexibility index (Phi) is 4.88. The quantitative estimate of drug-likeness (QED) is 0.822. The molecule has 1 rings (SSSR count). The molecule has 2 N–H and O–H groups in total. The third-order valence-corrected chi connectivity index (χ3v) is 2.45. The first-order chi connectivity index (χ1) is 8.54. The molecule has 5 nitrogen and oxygen atoms in total. The summed E-state index contributed by atoms with van der Waals surface area (Å²) in [5.41, 5.74) is 0.397. The lowest BCUT2D eigenvalue weighted by molar-refractivity contribution is -0.139. The summed E-state index contributed by atoms with van der Waals surface area (Å²) in [6.45, 7) is 1.62. The Morgan fingerprint density at radius 3 is 2.50 bits per heavy atom. The molecule has 94 valence electrons. The van der Waals surface area contributed by atoms with E-state index in [1.807, 2.05) is 6.07 Å². The van der Waals surface area contributed by atoms with Crippen LogP contribution in [0.3, 0.4) is 0 Å². The molecule has 0 saturated carbocycles. The van der Waals surface area contributed by atoms with Crippen molar-refractivity contribution >= 4 is 11.9 Å². The fourth-order valence-corrected chi connectivity index (χ4v) is 1.46. The number of benzene rings is 1. The van der Waals surface area contributed by atoms with Crippen LogP contribution in [-0.2, 0) is 4.79 Å². The van der Waals surface area contributed by atoms with Crippen LogP contribution in [0.15, 0.2) is 30.3 Å². The van der Waals surface area contributed by atoms with Crippen LogP contribution >= 0.6 is 0 Å². The molecule has 18 heavy (non-hydrogen) atoms. The van der Waals surface area contributed by atoms with E-state index in [0.717, 1.165) is 0 Å². The molecule has 1 aromatic rings. The zero-order valence-electron chi connectivity index (χ0n) is 9.96. The van der Waals surface area contributed by atoms with Crippen LogP contribution in [0.4, 0.5) is 0 Å². The number of carbonyl (C=O) groups excluding carboxylic acids is 1. The predicted octanol–water partition coefficient (Wildman–Crippen LogP) is 1.42. The van der Waals surface area contributed by atoms with Crippen molar-refractivity contribution in [2.45, 2.75) is 19.4 Å². The molecule has 2 atom stereocenters. The summed E-state index contributed by atoms with van der Waals surface area (Å²) in [6, 6.07) is 9.26. The van der Waals surface area contributed by atoms with Gasteiger partial charge in [-0.1, -0.05) is 18.2 Å². The van der Waals surface area contributed by atoms with Gasteiger partial charge in [0.2, 0.25) is 0 Å². The molecular weight excluding hydrogens is 232 g/mol. The van der Waals surface area contributed by atoms with Crippen LogP contribution in [0.5, 0.6) is 0 Å². The van der Waals surface area contributed by atoms with E-state index in [-0.39, 0.29) is 6.42 Å². The number of nitrogens with one attached hydrogen (secondary N) is 1. The van der Waals surface area contributed by atoms with Crippen LogP contribution in [0.25, 0.3) is 0 Å². The van der Waals surface area contributed by atoms with Crippen molar-refractivity contribution in [2.24, 2.45) is 5.92 Å². The molecule has 5 heteroatoms. The molecule has 0 bridgehead atoms. The van der Waals surface area contributed by atoms with Gasteiger partial charge >= 0.3 is 5.97 Å². The highest BCUT2D eigenvalue weighted by atomic mass is 16.4. The normalized spacial score (nSPS) is 13.1. The Balaban J connectivity index is 2.71. The van der Waals surface area contributed by atoms with E-state index in [1.54, 1.807) is 37.3 Å². The number of amides is 1. The largest absolute Gasteiger partial charge is 0.480 e. The van der Waals surface area contributed by atoms with Gasteiger partial charge in [-0.05, 0) is 25.5 Å². The van der Waals surface area contributed by atoms with Gasteiger partial charge in [-0.25, -0.2) is 4.79 Å². The average molecular weight is 246 g/mol. The maximum absolute atomic E-state index is 11.8. The minimum absolute atomic E-state index is 0.0877. The number of hydrogen-bond donors (Lipinski definition) is 2. The minimum atomic E-state index is -1.14. The monoisotopic (exact) mass is 246 g/mol. The number of nitriles is 1. The second-order valence-corrected chi connectivity index (χ2v) is 4.00. The zero-order chi connectivity index (χ0) is 13.5. The van der Waals surface area contributed by atoms with Crippen molar-refractivity contribution in [1.29, 1.82) is 5.26 Å². The van der Waals surface area contributed by atoms with Gasteiger partial charge in [0.15, 0.2) is 0 Å². The van der Waals surface area contributed by atoms with E-state index in [4.69, 9.17) is 10.4 Å². The number of carboxylic acids is 1. The maximum atomic E-state index is 11.8. The van der Waals surface area contributed by atoms with Crippen LogP contribution in [-0.4, -0.2) is 23.0 Å². The lowest BCUT2D eigenvalue weighted by Gasteiger charge is -2.15. The van der Waals surface area contributed by atoms with E-state index >= 15 is 0 Å². The highest BCUT2D eigenvalue weighted by Gasteiger charge is 2.22. The van der Waals surface area contributed by atoms with Crippen molar-refractivity contribution in [2.75, 3.05) is 0 Å². The molecule has 0 saturated heterocycles. The lowest BCUT2D eigenvalue weighted by atomic mass is 10.0. The molecule has 0 unspecified atom stereocenters. The predicted molar refractivity (Wildman–Crippen MR) is 64.7 cm³/mol. The molecule has 0 spiro atoms. The summed E-state index contributed by atoms with van der Waals surface area (Å²) < 4.78 is 0. The Hall–Kier alpha value is -2.35. The molecule has 0 aliphatic heterocycles. The summed E-state index contributed by atoms with van der Waals surface area (Å²) in [4.78, 5) is 22.8. The molecule has 0 fully saturated rings. The summed E-state index contributed by atoms with van der Waals surface area (Å²) in [5, 5.41) is 20.1. The van der Waals surface area contributed by atoms with Gasteiger partial charge in [0, 0.05) is 11.5 Å². The number of carboxylic acid groups (broad SMARTS) is 1. The highest BCUT2D eigenvalue weighted by molar-refractivity contribution is 5.96. The minimum Gasteiger partial charge on any atom is -0.480 e. The van der Waals surface area contributed by atoms with E-state index in [0.29, 0.717) is 5.56 Å². The molecule has 0 aliphatic carbocycles. The third kappa shape index (κ3) is 3.91. The molecule has 1 amide bonds. The molecule has 0 radical (unpaired) electrons. The van der Waals surface area contributed by atoms with Crippen LogP contribution in [0, 0.1) is 17.2 Å². The number of nitrogens with zero attached hydrogens (tertiary/aromatic N) is 1. The number of aliphatic carboxylic acids is 1. The Labute approximate surface area is 105 Å². The molecule has 0 aliphatic rings. The van der Waals surface area contributed by atoms with Gasteiger partial charge in [-0.3, -0.25) is 4.79 Å². The van der Waals surface area contributed by atoms with Gasteiger partial charge in [0.05, 0.1) is 6.07 Å². The van der Waals surface area contributed by atoms with Gasteiger partial charge < -0.3 is 10.4 Å². The van der Waals surface area contributed by atoms with Gasteiger partial charge in [-0.15, -0.1) is 0 Å². The Morgan fingerprint density at radius 1 is 1.39 bits per heavy atom. The van der Waals surface area contributed by atoms with E-state index in [1.165, 1.54) is 0 Å². The molecular formula is C13H14N2O3. The van der Waals surface area contributed by atoms with Gasteiger partial charge in [0.25, 0.3) is 5.91 Å². The van der Waals surface area contributed by atoms with Crippen LogP contribution in [0.1, 0.15) is 23.7 Å². The molecule has 0 heterocycles. The van der Waals surface area contributed by atoms with Crippen molar-refractivity contribution in [3.05, 3.63) is 35.9 Å². The van der Waals surface area contributed by atoms with Crippen molar-refractivity contribution in [3.8, 4) is 6.07 Å².